The van der Waals surface area contributed by atoms with Gasteiger partial charge in [-0.1, -0.05) is 18.2 Å². The molecule has 0 fully saturated rings. The first kappa shape index (κ1) is 31.7. The lowest BCUT2D eigenvalue weighted by molar-refractivity contribution is -0.742. The summed E-state index contributed by atoms with van der Waals surface area (Å²) in [5.41, 5.74) is 3.05. The third-order valence-corrected chi connectivity index (χ3v) is 6.24. The third kappa shape index (κ3) is 8.49. The van der Waals surface area contributed by atoms with Crippen LogP contribution in [0.25, 0.3) is 0 Å². The van der Waals surface area contributed by atoms with Crippen LogP contribution in [0.2, 0.25) is 0 Å². The van der Waals surface area contributed by atoms with E-state index in [1.165, 1.54) is 5.56 Å². The number of guanidine groups is 1. The largest absolute Gasteiger partial charge is 0.497 e. The van der Waals surface area contributed by atoms with Gasteiger partial charge >= 0.3 is 0 Å². The van der Waals surface area contributed by atoms with E-state index < -0.39 is 15.8 Å². The number of aliphatic imine (C=N–C) groups is 1. The summed E-state index contributed by atoms with van der Waals surface area (Å²) in [6.07, 6.45) is 6.77. The molecule has 1 aromatic carbocycles. The van der Waals surface area contributed by atoms with Crippen LogP contribution in [-0.2, 0) is 15.9 Å². The molecule has 2 aliphatic heterocycles. The van der Waals surface area contributed by atoms with Crippen molar-refractivity contribution in [3.8, 4) is 5.75 Å². The monoisotopic (exact) mass is 564 g/mol. The van der Waals surface area contributed by atoms with Crippen molar-refractivity contribution >= 4 is 5.96 Å². The first-order chi connectivity index (χ1) is 19.0. The lowest BCUT2D eigenvalue weighted by Gasteiger charge is -2.43. The smallest absolute Gasteiger partial charge is 0.291 e. The number of methoxy groups -OCH3 is 2. The van der Waals surface area contributed by atoms with Gasteiger partial charge in [0.25, 0.3) is 10.2 Å². The van der Waals surface area contributed by atoms with Gasteiger partial charge in [-0.25, -0.2) is 0 Å². The predicted molar refractivity (Wildman–Crippen MR) is 144 cm³/mol. The number of fused-ring (bicyclic) bond motifs is 3. The van der Waals surface area contributed by atoms with Crippen molar-refractivity contribution in [3.63, 3.8) is 0 Å². The van der Waals surface area contributed by atoms with Crippen molar-refractivity contribution in [1.82, 2.24) is 15.1 Å². The highest BCUT2D eigenvalue weighted by Gasteiger charge is 2.49. The molecule has 0 radical (unpaired) electrons. The average Bonchev–Trinajstić information content (AvgIpc) is 3.25. The van der Waals surface area contributed by atoms with E-state index in [1.807, 2.05) is 13.1 Å². The molecule has 3 aliphatic rings. The van der Waals surface area contributed by atoms with Crippen molar-refractivity contribution in [3.05, 3.63) is 85.0 Å². The fraction of sp³-hybridized carbons (Fsp3) is 0.480. The normalized spacial score (nSPS) is 19.1. The highest BCUT2D eigenvalue weighted by molar-refractivity contribution is 5.82. The van der Waals surface area contributed by atoms with Gasteiger partial charge < -0.3 is 39.7 Å². The van der Waals surface area contributed by atoms with E-state index in [0.717, 1.165) is 60.3 Å². The van der Waals surface area contributed by atoms with Crippen LogP contribution in [0.1, 0.15) is 18.4 Å². The van der Waals surface area contributed by atoms with Crippen LogP contribution in [0.5, 0.6) is 5.75 Å². The molecule has 0 saturated heterocycles. The molecule has 1 aliphatic carbocycles. The Hall–Kier alpha value is -4.53. The van der Waals surface area contributed by atoms with E-state index >= 15 is 0 Å². The number of hydrogen-bond acceptors (Lipinski definition) is 9. The van der Waals surface area contributed by atoms with Crippen molar-refractivity contribution in [2.45, 2.75) is 24.9 Å². The zero-order valence-electron chi connectivity index (χ0n) is 23.2. The summed E-state index contributed by atoms with van der Waals surface area (Å²) in [6.45, 7) is 2.56. The molecule has 0 amide bonds. The molecule has 1 aromatic rings. The number of hydrogen-bond donors (Lipinski definition) is 3. The number of rotatable bonds is 6. The lowest BCUT2D eigenvalue weighted by atomic mass is 9.78. The van der Waals surface area contributed by atoms with Gasteiger partial charge in [-0.05, 0) is 50.3 Å². The number of para-hydroxylation sites is 1. The molecule has 0 aromatic heterocycles. The molecule has 0 saturated carbocycles. The van der Waals surface area contributed by atoms with Crippen molar-refractivity contribution in [1.29, 1.82) is 0 Å². The van der Waals surface area contributed by atoms with Crippen molar-refractivity contribution in [2.75, 3.05) is 55.0 Å². The second-order valence-corrected chi connectivity index (χ2v) is 9.20. The molecule has 15 nitrogen and oxygen atoms in total. The Bertz CT molecular complexity index is 1130. The molecule has 1 spiro atoms. The Labute approximate surface area is 231 Å². The second-order valence-electron chi connectivity index (χ2n) is 9.20. The van der Waals surface area contributed by atoms with Gasteiger partial charge in [0.1, 0.15) is 11.5 Å². The molecular weight excluding hydrogens is 528 g/mol. The minimum Gasteiger partial charge on any atom is -0.497 e. The Balaban J connectivity index is 0.000000621. The van der Waals surface area contributed by atoms with E-state index in [2.05, 4.69) is 64.7 Å². The SMILES string of the molecule is CN=C(NCCCN(C)C)N1C=C2CC(OC)=C(OC)C=C2C2(Cc3ccccc3O2)C1.O=[N+]([O-])O.O=[N+]([O-])O. The van der Waals surface area contributed by atoms with Crippen LogP contribution < -0.4 is 10.1 Å². The molecule has 1 atom stereocenters. The number of nitrogens with one attached hydrogen (secondary N) is 1. The fourth-order valence-electron chi connectivity index (χ4n) is 4.72. The van der Waals surface area contributed by atoms with Crippen molar-refractivity contribution < 1.29 is 34.8 Å². The first-order valence-corrected chi connectivity index (χ1v) is 12.3. The maximum atomic E-state index is 8.36. The van der Waals surface area contributed by atoms with Gasteiger partial charge in [0, 0.05) is 38.2 Å². The van der Waals surface area contributed by atoms with Crippen LogP contribution in [0.15, 0.2) is 64.2 Å². The second kappa shape index (κ2) is 14.6. The van der Waals surface area contributed by atoms with Crippen LogP contribution >= 0.6 is 0 Å². The van der Waals surface area contributed by atoms with E-state index in [1.54, 1.807) is 14.2 Å². The highest BCUT2D eigenvalue weighted by atomic mass is 16.9. The maximum Gasteiger partial charge on any atom is 0.291 e. The molecule has 40 heavy (non-hydrogen) atoms. The predicted octanol–water partition coefficient (Wildman–Crippen LogP) is 2.23. The standard InChI is InChI=1S/C25H34N4O3.2HNO3/c1-26-24(27-11-8-12-28(2)3)29-16-19-13-22(30-4)23(31-5)14-20(19)25(17-29)15-18-9-6-7-10-21(18)32-25;2*2-1(3)4/h6-7,9-10,14,16H,8,11-13,15,17H2,1-5H3,(H,26,27);2*(H,2,3,4). The van der Waals surface area contributed by atoms with Crippen LogP contribution in [0.4, 0.5) is 0 Å². The Morgan fingerprint density at radius 2 is 1.85 bits per heavy atom. The number of ether oxygens (including phenoxy) is 3. The van der Waals surface area contributed by atoms with Crippen LogP contribution in [-0.4, -0.2) is 96.9 Å². The zero-order valence-corrected chi connectivity index (χ0v) is 23.2. The average molecular weight is 565 g/mol. The first-order valence-electron chi connectivity index (χ1n) is 12.3. The van der Waals surface area contributed by atoms with Gasteiger partial charge in [0.2, 0.25) is 0 Å². The summed E-state index contributed by atoms with van der Waals surface area (Å²) in [4.78, 5) is 25.7. The van der Waals surface area contributed by atoms with E-state index in [-0.39, 0.29) is 0 Å². The Kier molecular flexibility index (Phi) is 11.5. The minimum absolute atomic E-state index is 0.502. The summed E-state index contributed by atoms with van der Waals surface area (Å²) in [5.74, 6) is 3.39. The fourth-order valence-corrected chi connectivity index (χ4v) is 4.72. The third-order valence-electron chi connectivity index (χ3n) is 6.24. The molecule has 15 heteroatoms. The minimum atomic E-state index is -1.50. The lowest BCUT2D eigenvalue weighted by Crippen LogP contribution is -2.54. The van der Waals surface area contributed by atoms with Gasteiger partial charge in [0.15, 0.2) is 17.3 Å². The number of nitrogens with zero attached hydrogens (tertiary/aromatic N) is 5. The van der Waals surface area contributed by atoms with E-state index in [9.17, 15) is 0 Å². The topological polar surface area (TPSA) is 185 Å². The molecule has 1 unspecified atom stereocenters. The summed E-state index contributed by atoms with van der Waals surface area (Å²) >= 11 is 0. The molecule has 4 rings (SSSR count). The summed E-state index contributed by atoms with van der Waals surface area (Å²) in [6, 6.07) is 8.30. The number of benzene rings is 1. The van der Waals surface area contributed by atoms with Gasteiger partial charge in [-0.15, -0.1) is 20.2 Å². The van der Waals surface area contributed by atoms with Crippen LogP contribution in [0, 0.1) is 20.2 Å². The number of allylic oxidation sites excluding steroid dienone is 2. The molecule has 3 N–H and O–H groups in total. The zero-order chi connectivity index (χ0) is 29.9. The molecule has 220 valence electrons. The highest BCUT2D eigenvalue weighted by Crippen LogP contribution is 2.47. The quantitative estimate of drug-likeness (QED) is 0.151. The summed E-state index contributed by atoms with van der Waals surface area (Å²) in [5, 5.41) is 30.8. The Morgan fingerprint density at radius 3 is 2.40 bits per heavy atom. The van der Waals surface area contributed by atoms with Gasteiger partial charge in [-0.3, -0.25) is 4.99 Å². The Morgan fingerprint density at radius 1 is 1.20 bits per heavy atom. The summed E-state index contributed by atoms with van der Waals surface area (Å²) < 4.78 is 18.0. The molecular formula is C25H36N6O9. The maximum absolute atomic E-state index is 8.36. The van der Waals surface area contributed by atoms with Crippen molar-refractivity contribution in [2.24, 2.45) is 4.99 Å². The van der Waals surface area contributed by atoms with E-state index in [4.69, 9.17) is 44.9 Å². The van der Waals surface area contributed by atoms with Gasteiger partial charge in [0.05, 0.1) is 20.8 Å². The molecule has 0 bridgehead atoms. The van der Waals surface area contributed by atoms with E-state index in [0.29, 0.717) is 13.0 Å². The van der Waals surface area contributed by atoms with Gasteiger partial charge in [-0.2, -0.15) is 0 Å². The summed E-state index contributed by atoms with van der Waals surface area (Å²) in [7, 11) is 9.39. The van der Waals surface area contributed by atoms with Crippen LogP contribution in [0.3, 0.4) is 0 Å². The molecule has 2 heterocycles.